The van der Waals surface area contributed by atoms with E-state index in [1.165, 1.54) is 0 Å². The number of carbonyl (C=O) groups is 1. The van der Waals surface area contributed by atoms with Crippen molar-refractivity contribution in [1.29, 1.82) is 0 Å². The number of hydroxylamine groups is 2. The van der Waals surface area contributed by atoms with Crippen molar-refractivity contribution < 1.29 is 14.4 Å². The molecule has 0 aromatic heterocycles. The molecule has 2 aromatic rings. The van der Waals surface area contributed by atoms with Crippen molar-refractivity contribution in [2.45, 2.75) is 37.8 Å². The number of hydrogen-bond donors (Lipinski definition) is 0. The fraction of sp³-hybridized carbons (Fsp3) is 0.400. The minimum Gasteiger partial charge on any atom is -0.496 e. The molecule has 2 saturated heterocycles. The second kappa shape index (κ2) is 9.45. The van der Waals surface area contributed by atoms with Crippen LogP contribution in [0.1, 0.15) is 36.8 Å². The van der Waals surface area contributed by atoms with Crippen LogP contribution in [0.25, 0.3) is 6.08 Å². The standard InChI is InChI=1S/C25H30N2O3/c1-29-23-12-6-5-10-22(23)11-7-17-26-18-15-25(16-19-26)14-13-24(28)27(25)30-20-21-8-3-2-4-9-21/h2-12H,13-20H2,1H3/b11-7+. The number of likely N-dealkylation sites (tertiary alicyclic amines) is 1. The molecule has 2 aliphatic rings. The Labute approximate surface area is 178 Å². The first-order valence-electron chi connectivity index (χ1n) is 10.7. The van der Waals surface area contributed by atoms with E-state index in [9.17, 15) is 4.79 Å². The number of piperidine rings is 1. The van der Waals surface area contributed by atoms with Crippen molar-refractivity contribution in [3.63, 3.8) is 0 Å². The molecule has 0 aliphatic carbocycles. The zero-order chi connectivity index (χ0) is 20.8. The predicted octanol–water partition coefficient (Wildman–Crippen LogP) is 4.30. The second-order valence-electron chi connectivity index (χ2n) is 8.12. The van der Waals surface area contributed by atoms with Gasteiger partial charge >= 0.3 is 0 Å². The number of hydrogen-bond acceptors (Lipinski definition) is 4. The van der Waals surface area contributed by atoms with Gasteiger partial charge in [0.05, 0.1) is 12.6 Å². The zero-order valence-electron chi connectivity index (χ0n) is 17.6. The molecule has 2 fully saturated rings. The van der Waals surface area contributed by atoms with E-state index >= 15 is 0 Å². The fourth-order valence-corrected chi connectivity index (χ4v) is 4.47. The van der Waals surface area contributed by atoms with E-state index in [-0.39, 0.29) is 11.4 Å². The number of ether oxygens (including phenoxy) is 1. The monoisotopic (exact) mass is 406 g/mol. The highest BCUT2D eigenvalue weighted by Gasteiger charge is 2.48. The first-order valence-corrected chi connectivity index (χ1v) is 10.7. The van der Waals surface area contributed by atoms with Gasteiger partial charge in [0, 0.05) is 31.6 Å². The Morgan fingerprint density at radius 3 is 2.50 bits per heavy atom. The molecule has 0 N–H and O–H groups in total. The van der Waals surface area contributed by atoms with Gasteiger partial charge in [0.15, 0.2) is 0 Å². The van der Waals surface area contributed by atoms with Gasteiger partial charge in [-0.05, 0) is 30.9 Å². The Morgan fingerprint density at radius 1 is 1.00 bits per heavy atom. The molecule has 30 heavy (non-hydrogen) atoms. The number of methoxy groups -OCH3 is 1. The lowest BCUT2D eigenvalue weighted by Crippen LogP contribution is -2.52. The molecule has 2 aromatic carbocycles. The first-order chi connectivity index (χ1) is 14.7. The average molecular weight is 407 g/mol. The maximum Gasteiger partial charge on any atom is 0.246 e. The molecule has 5 nitrogen and oxygen atoms in total. The van der Waals surface area contributed by atoms with E-state index in [4.69, 9.17) is 9.57 Å². The van der Waals surface area contributed by atoms with Crippen LogP contribution in [0.15, 0.2) is 60.7 Å². The summed E-state index contributed by atoms with van der Waals surface area (Å²) < 4.78 is 5.41. The number of carbonyl (C=O) groups excluding carboxylic acids is 1. The van der Waals surface area contributed by atoms with Gasteiger partial charge in [-0.1, -0.05) is 60.7 Å². The van der Waals surface area contributed by atoms with Crippen LogP contribution >= 0.6 is 0 Å². The van der Waals surface area contributed by atoms with E-state index in [0.29, 0.717) is 13.0 Å². The average Bonchev–Trinajstić information content (AvgIpc) is 3.09. The molecule has 0 radical (unpaired) electrons. The minimum absolute atomic E-state index is 0.121. The van der Waals surface area contributed by atoms with Crippen LogP contribution in [0.5, 0.6) is 5.75 Å². The summed E-state index contributed by atoms with van der Waals surface area (Å²) in [5, 5.41) is 1.71. The number of amides is 1. The lowest BCUT2D eigenvalue weighted by atomic mass is 9.86. The summed E-state index contributed by atoms with van der Waals surface area (Å²) in [4.78, 5) is 21.0. The summed E-state index contributed by atoms with van der Waals surface area (Å²) in [6, 6.07) is 18.1. The third-order valence-corrected chi connectivity index (χ3v) is 6.25. The molecular weight excluding hydrogens is 376 g/mol. The largest absolute Gasteiger partial charge is 0.496 e. The molecule has 2 aliphatic heterocycles. The maximum atomic E-state index is 12.5. The Balaban J connectivity index is 1.32. The molecule has 1 amide bonds. The highest BCUT2D eigenvalue weighted by Crippen LogP contribution is 2.39. The van der Waals surface area contributed by atoms with Gasteiger partial charge < -0.3 is 4.74 Å². The molecule has 5 heteroatoms. The Hall–Kier alpha value is -2.63. The lowest BCUT2D eigenvalue weighted by molar-refractivity contribution is -0.222. The first kappa shape index (κ1) is 20.6. The topological polar surface area (TPSA) is 42.0 Å². The number of benzene rings is 2. The normalized spacial score (nSPS) is 19.1. The van der Waals surface area contributed by atoms with Crippen LogP contribution in [0, 0.1) is 0 Å². The van der Waals surface area contributed by atoms with Gasteiger partial charge in [0.25, 0.3) is 0 Å². The van der Waals surface area contributed by atoms with Gasteiger partial charge in [-0.3, -0.25) is 14.5 Å². The van der Waals surface area contributed by atoms with Gasteiger partial charge in [0.2, 0.25) is 5.91 Å². The minimum atomic E-state index is -0.144. The van der Waals surface area contributed by atoms with Gasteiger partial charge in [0.1, 0.15) is 12.4 Å². The van der Waals surface area contributed by atoms with Crippen LogP contribution in [0.4, 0.5) is 0 Å². The predicted molar refractivity (Wildman–Crippen MR) is 118 cm³/mol. The number of rotatable bonds is 7. The molecule has 0 atom stereocenters. The zero-order valence-corrected chi connectivity index (χ0v) is 17.6. The molecule has 0 saturated carbocycles. The number of nitrogens with zero attached hydrogens (tertiary/aromatic N) is 2. The van der Waals surface area contributed by atoms with E-state index in [2.05, 4.69) is 23.1 Å². The summed E-state index contributed by atoms with van der Waals surface area (Å²) in [7, 11) is 1.70. The highest BCUT2D eigenvalue weighted by molar-refractivity contribution is 5.78. The van der Waals surface area contributed by atoms with Gasteiger partial charge in [-0.25, -0.2) is 5.06 Å². The maximum absolute atomic E-state index is 12.5. The van der Waals surface area contributed by atoms with Crippen LogP contribution in [0.3, 0.4) is 0 Å². The van der Waals surface area contributed by atoms with E-state index < -0.39 is 0 Å². The molecule has 0 unspecified atom stereocenters. The quantitative estimate of drug-likeness (QED) is 0.688. The molecule has 1 spiro atoms. The molecule has 158 valence electrons. The third-order valence-electron chi connectivity index (χ3n) is 6.25. The van der Waals surface area contributed by atoms with E-state index in [1.54, 1.807) is 12.2 Å². The Bertz CT molecular complexity index is 873. The summed E-state index contributed by atoms with van der Waals surface area (Å²) >= 11 is 0. The summed E-state index contributed by atoms with van der Waals surface area (Å²) in [6.45, 7) is 3.27. The van der Waals surface area contributed by atoms with E-state index in [1.807, 2.05) is 48.5 Å². The Kier molecular flexibility index (Phi) is 6.50. The summed E-state index contributed by atoms with van der Waals surface area (Å²) in [5.74, 6) is 1.01. The molecule has 0 bridgehead atoms. The van der Waals surface area contributed by atoms with Crippen molar-refractivity contribution in [3.05, 3.63) is 71.8 Å². The van der Waals surface area contributed by atoms with Crippen LogP contribution in [0.2, 0.25) is 0 Å². The van der Waals surface area contributed by atoms with Crippen LogP contribution < -0.4 is 4.74 Å². The van der Waals surface area contributed by atoms with Crippen molar-refractivity contribution in [2.75, 3.05) is 26.7 Å². The van der Waals surface area contributed by atoms with Gasteiger partial charge in [-0.15, -0.1) is 0 Å². The van der Waals surface area contributed by atoms with E-state index in [0.717, 1.165) is 55.8 Å². The molecule has 4 rings (SSSR count). The van der Waals surface area contributed by atoms with Crippen LogP contribution in [-0.2, 0) is 16.2 Å². The van der Waals surface area contributed by atoms with Crippen molar-refractivity contribution in [1.82, 2.24) is 9.96 Å². The summed E-state index contributed by atoms with van der Waals surface area (Å²) in [6.07, 6.45) is 7.71. The fourth-order valence-electron chi connectivity index (χ4n) is 4.47. The SMILES string of the molecule is COc1ccccc1/C=C/CN1CCC2(CCC(=O)N2OCc2ccccc2)CC1. The van der Waals surface area contributed by atoms with Crippen molar-refractivity contribution in [2.24, 2.45) is 0 Å². The van der Waals surface area contributed by atoms with Crippen LogP contribution in [-0.4, -0.2) is 48.2 Å². The molecular formula is C25H30N2O3. The number of para-hydroxylation sites is 1. The molecule has 2 heterocycles. The lowest BCUT2D eigenvalue weighted by Gasteiger charge is -2.43. The summed E-state index contributed by atoms with van der Waals surface area (Å²) in [5.41, 5.74) is 2.04. The second-order valence-corrected chi connectivity index (χ2v) is 8.12. The Morgan fingerprint density at radius 2 is 1.73 bits per heavy atom. The van der Waals surface area contributed by atoms with Gasteiger partial charge in [-0.2, -0.15) is 0 Å². The van der Waals surface area contributed by atoms with Crippen molar-refractivity contribution >= 4 is 12.0 Å². The highest BCUT2D eigenvalue weighted by atomic mass is 16.7. The smallest absolute Gasteiger partial charge is 0.246 e. The van der Waals surface area contributed by atoms with Crippen molar-refractivity contribution in [3.8, 4) is 5.75 Å². The third kappa shape index (κ3) is 4.58.